The molecule has 0 saturated heterocycles. The molecule has 0 aliphatic heterocycles. The highest BCUT2D eigenvalue weighted by atomic mass is 32.2. The zero-order chi connectivity index (χ0) is 24.3. The molecule has 4 rings (SSSR count). The molecule has 2 aromatic heterocycles. The van der Waals surface area contributed by atoms with Gasteiger partial charge in [0.15, 0.2) is 0 Å². The molecule has 0 radical (unpaired) electrons. The summed E-state index contributed by atoms with van der Waals surface area (Å²) in [5.41, 5.74) is -0.159. The van der Waals surface area contributed by atoms with E-state index < -0.39 is 21.8 Å². The summed E-state index contributed by atoms with van der Waals surface area (Å²) in [6, 6.07) is 10.6. The van der Waals surface area contributed by atoms with E-state index in [4.69, 9.17) is 0 Å². The number of rotatable bonds is 6. The van der Waals surface area contributed by atoms with Crippen LogP contribution in [0.25, 0.3) is 11.1 Å². The van der Waals surface area contributed by atoms with Crippen molar-refractivity contribution in [3.63, 3.8) is 0 Å². The molecule has 0 bridgehead atoms. The third-order valence-electron chi connectivity index (χ3n) is 4.39. The molecule has 8 nitrogen and oxygen atoms in total. The number of halogens is 3. The zero-order valence-electron chi connectivity index (χ0n) is 16.7. The first-order chi connectivity index (χ1) is 16.2. The van der Waals surface area contributed by atoms with Crippen LogP contribution in [0.1, 0.15) is 11.1 Å². The average molecular weight is 521 g/mol. The van der Waals surface area contributed by atoms with E-state index in [0.717, 1.165) is 35.4 Å². The average Bonchev–Trinajstić information content (AvgIpc) is 3.31. The van der Waals surface area contributed by atoms with Gasteiger partial charge in [-0.25, -0.2) is 13.4 Å². The van der Waals surface area contributed by atoms with E-state index in [1.807, 2.05) is 6.07 Å². The van der Waals surface area contributed by atoms with E-state index in [2.05, 4.69) is 24.3 Å². The SMILES string of the molecule is N#Cc1cc(S(=O)(=O)Nc2ncns2)ccc1Sc1ccc(C(F)(F)F)cc1-c1ccnnc1. The Bertz CT molecular complexity index is 1470. The molecule has 2 heterocycles. The molecule has 34 heavy (non-hydrogen) atoms. The first-order valence-corrected chi connectivity index (χ1v) is 12.2. The van der Waals surface area contributed by atoms with E-state index in [9.17, 15) is 26.9 Å². The van der Waals surface area contributed by atoms with Gasteiger partial charge in [0, 0.05) is 26.9 Å². The van der Waals surface area contributed by atoms with Gasteiger partial charge in [-0.3, -0.25) is 4.72 Å². The van der Waals surface area contributed by atoms with Crippen molar-refractivity contribution < 1.29 is 21.6 Å². The van der Waals surface area contributed by atoms with Crippen molar-refractivity contribution in [2.24, 2.45) is 0 Å². The Morgan fingerprint density at radius 2 is 1.85 bits per heavy atom. The highest BCUT2D eigenvalue weighted by Gasteiger charge is 2.31. The molecule has 172 valence electrons. The van der Waals surface area contributed by atoms with E-state index >= 15 is 0 Å². The van der Waals surface area contributed by atoms with Gasteiger partial charge in [-0.15, -0.1) is 0 Å². The Hall–Kier alpha value is -3.54. The number of anilines is 1. The van der Waals surface area contributed by atoms with E-state index in [1.165, 1.54) is 49.1 Å². The minimum absolute atomic E-state index is 0.0313. The van der Waals surface area contributed by atoms with Crippen LogP contribution in [-0.2, 0) is 16.2 Å². The Kier molecular flexibility index (Phi) is 6.51. The van der Waals surface area contributed by atoms with Crippen LogP contribution >= 0.6 is 23.3 Å². The van der Waals surface area contributed by atoms with Crippen molar-refractivity contribution in [2.75, 3.05) is 4.72 Å². The topological polar surface area (TPSA) is 122 Å². The maximum Gasteiger partial charge on any atom is 0.416 e. The Morgan fingerprint density at radius 3 is 2.50 bits per heavy atom. The summed E-state index contributed by atoms with van der Waals surface area (Å²) in [5, 5.41) is 17.1. The van der Waals surface area contributed by atoms with Gasteiger partial charge in [0.05, 0.1) is 28.4 Å². The maximum atomic E-state index is 13.3. The number of nitriles is 1. The minimum Gasteiger partial charge on any atom is -0.253 e. The van der Waals surface area contributed by atoms with Crippen LogP contribution in [0.4, 0.5) is 18.3 Å². The number of alkyl halides is 3. The fourth-order valence-electron chi connectivity index (χ4n) is 2.83. The van der Waals surface area contributed by atoms with Crippen LogP contribution in [0, 0.1) is 11.3 Å². The third kappa shape index (κ3) is 5.16. The zero-order valence-corrected chi connectivity index (χ0v) is 19.1. The second kappa shape index (κ2) is 9.37. The molecule has 0 amide bonds. The summed E-state index contributed by atoms with van der Waals surface area (Å²) in [7, 11) is -4.02. The maximum absolute atomic E-state index is 13.3. The van der Waals surface area contributed by atoms with Gasteiger partial charge in [0.2, 0.25) is 5.13 Å². The van der Waals surface area contributed by atoms with Crippen LogP contribution < -0.4 is 4.72 Å². The van der Waals surface area contributed by atoms with Crippen molar-refractivity contribution in [1.29, 1.82) is 5.26 Å². The van der Waals surface area contributed by atoms with Crippen LogP contribution in [0.2, 0.25) is 0 Å². The normalized spacial score (nSPS) is 11.7. The summed E-state index contributed by atoms with van der Waals surface area (Å²) in [6.07, 6.45) is -0.663. The highest BCUT2D eigenvalue weighted by Crippen LogP contribution is 2.41. The second-order valence-corrected chi connectivity index (χ2v) is 10.1. The number of aromatic nitrogens is 4. The number of nitrogens with zero attached hydrogens (tertiary/aromatic N) is 5. The third-order valence-corrected chi connectivity index (χ3v) is 7.58. The van der Waals surface area contributed by atoms with Crippen LogP contribution in [0.15, 0.2) is 75.9 Å². The number of nitrogens with one attached hydrogen (secondary N) is 1. The summed E-state index contributed by atoms with van der Waals surface area (Å²) >= 11 is 1.88. The monoisotopic (exact) mass is 520 g/mol. The molecule has 0 unspecified atom stereocenters. The molecule has 0 fully saturated rings. The number of sulfonamides is 1. The van der Waals surface area contributed by atoms with Gasteiger partial charge in [0.1, 0.15) is 12.4 Å². The lowest BCUT2D eigenvalue weighted by Gasteiger charge is -2.14. The fraction of sp³-hybridized carbons (Fsp3) is 0.0500. The first kappa shape index (κ1) is 23.6. The Balaban J connectivity index is 1.72. The standard InChI is InChI=1S/C20H11F3N6O2S3/c21-20(22,23)14-1-3-18(16(8-14)12-5-6-26-27-10-12)32-17-4-2-15(7-13(17)9-24)34(30,31)29-19-25-11-28-33-19/h1-8,10-11H,(H,25,28,29). The molecule has 2 aromatic carbocycles. The molecule has 0 atom stereocenters. The predicted molar refractivity (Wildman–Crippen MR) is 118 cm³/mol. The van der Waals surface area contributed by atoms with E-state index in [-0.39, 0.29) is 21.2 Å². The highest BCUT2D eigenvalue weighted by molar-refractivity contribution is 7.99. The van der Waals surface area contributed by atoms with Gasteiger partial charge in [-0.1, -0.05) is 11.8 Å². The van der Waals surface area contributed by atoms with E-state index in [1.54, 1.807) is 0 Å². The molecule has 0 aliphatic rings. The molecule has 1 N–H and O–H groups in total. The molecule has 0 aliphatic carbocycles. The summed E-state index contributed by atoms with van der Waals surface area (Å²) in [5.74, 6) is 0. The second-order valence-electron chi connectivity index (χ2n) is 6.56. The summed E-state index contributed by atoms with van der Waals surface area (Å²) < 4.78 is 71.1. The molecule has 0 spiro atoms. The quantitative estimate of drug-likeness (QED) is 0.383. The summed E-state index contributed by atoms with van der Waals surface area (Å²) in [6.45, 7) is 0. The van der Waals surface area contributed by atoms with Crippen molar-refractivity contribution in [2.45, 2.75) is 20.9 Å². The van der Waals surface area contributed by atoms with Gasteiger partial charge in [-0.05, 0) is 48.0 Å². The fourth-order valence-corrected chi connectivity index (χ4v) is 5.53. The first-order valence-electron chi connectivity index (χ1n) is 9.17. The predicted octanol–water partition coefficient (Wildman–Crippen LogP) is 4.84. The summed E-state index contributed by atoms with van der Waals surface area (Å²) in [4.78, 5) is 4.37. The Morgan fingerprint density at radius 1 is 1.06 bits per heavy atom. The van der Waals surface area contributed by atoms with Gasteiger partial charge >= 0.3 is 6.18 Å². The Labute approximate surface area is 199 Å². The number of hydrogen-bond acceptors (Lipinski definition) is 9. The molecular weight excluding hydrogens is 509 g/mol. The van der Waals surface area contributed by atoms with Crippen molar-refractivity contribution in [1.82, 2.24) is 19.6 Å². The molecule has 0 saturated carbocycles. The van der Waals surface area contributed by atoms with Gasteiger partial charge in [0.25, 0.3) is 10.0 Å². The van der Waals surface area contributed by atoms with Crippen molar-refractivity contribution in [3.8, 4) is 17.2 Å². The lowest BCUT2D eigenvalue weighted by molar-refractivity contribution is -0.137. The van der Waals surface area contributed by atoms with Gasteiger partial charge < -0.3 is 0 Å². The largest absolute Gasteiger partial charge is 0.416 e. The molecule has 14 heteroatoms. The number of benzene rings is 2. The van der Waals surface area contributed by atoms with Crippen LogP contribution in [0.3, 0.4) is 0 Å². The minimum atomic E-state index is -4.55. The number of hydrogen-bond donors (Lipinski definition) is 1. The van der Waals surface area contributed by atoms with Crippen LogP contribution in [-0.4, -0.2) is 28.0 Å². The lowest BCUT2D eigenvalue weighted by Crippen LogP contribution is -2.13. The smallest absolute Gasteiger partial charge is 0.253 e. The van der Waals surface area contributed by atoms with Crippen molar-refractivity contribution in [3.05, 3.63) is 72.3 Å². The molecular formula is C20H11F3N6O2S3. The van der Waals surface area contributed by atoms with Crippen LogP contribution in [0.5, 0.6) is 0 Å². The van der Waals surface area contributed by atoms with Crippen molar-refractivity contribution >= 4 is 38.4 Å². The van der Waals surface area contributed by atoms with Gasteiger partial charge in [-0.2, -0.15) is 33.0 Å². The molecule has 4 aromatic rings. The lowest BCUT2D eigenvalue weighted by atomic mass is 10.0. The van der Waals surface area contributed by atoms with E-state index in [0.29, 0.717) is 15.4 Å².